The quantitative estimate of drug-likeness (QED) is 0.235. The van der Waals surface area contributed by atoms with Gasteiger partial charge in [-0.2, -0.15) is 0 Å². The molecule has 2 atom stereocenters. The van der Waals surface area contributed by atoms with Gasteiger partial charge in [0.1, 0.15) is 5.75 Å². The van der Waals surface area contributed by atoms with Crippen LogP contribution in [0.2, 0.25) is 5.02 Å². The van der Waals surface area contributed by atoms with Gasteiger partial charge in [0.25, 0.3) is 0 Å². The summed E-state index contributed by atoms with van der Waals surface area (Å²) in [5, 5.41) is 18.2. The molecule has 0 bridgehead atoms. The van der Waals surface area contributed by atoms with Crippen molar-refractivity contribution >= 4 is 40.5 Å². The standard InChI is InChI=1S/C30H30ClN5O2S/c1-18-7-10-22(11-8-18)33-27(38)13-15-35-29(28(34-30(35)39)24-6-4-5-14-32-24)23-16-19(2)36(20(23)3)25-17-21(31)9-12-26(25)37/h4-12,14,16-17,28-29,37H,13,15H2,1-3H3,(H,33,38)(H,34,39)/t28-,29-/m1/s1. The molecule has 3 N–H and O–H groups in total. The van der Waals surface area contributed by atoms with Crippen LogP contribution >= 0.6 is 23.8 Å². The summed E-state index contributed by atoms with van der Waals surface area (Å²) in [6.07, 6.45) is 2.02. The van der Waals surface area contributed by atoms with Crippen LogP contribution in [-0.4, -0.2) is 37.1 Å². The largest absolute Gasteiger partial charge is 0.506 e. The number of amides is 1. The Hall–Kier alpha value is -3.88. The van der Waals surface area contributed by atoms with E-state index in [-0.39, 0.29) is 30.2 Å². The summed E-state index contributed by atoms with van der Waals surface area (Å²) in [5.74, 6) is 0.0507. The fourth-order valence-corrected chi connectivity index (χ4v) is 5.70. The number of phenolic OH excluding ortho intramolecular Hbond substituents is 1. The fourth-order valence-electron chi connectivity index (χ4n) is 5.20. The number of phenols is 1. The van der Waals surface area contributed by atoms with E-state index in [9.17, 15) is 9.90 Å². The number of benzene rings is 2. The van der Waals surface area contributed by atoms with Gasteiger partial charge in [-0.25, -0.2) is 0 Å². The normalized spacial score (nSPS) is 16.8. The zero-order valence-corrected chi connectivity index (χ0v) is 23.6. The van der Waals surface area contributed by atoms with Crippen LogP contribution in [0.4, 0.5) is 5.69 Å². The van der Waals surface area contributed by atoms with Crippen LogP contribution in [0.5, 0.6) is 5.75 Å². The van der Waals surface area contributed by atoms with Crippen molar-refractivity contribution in [3.63, 3.8) is 0 Å². The number of carbonyl (C=O) groups excluding carboxylic acids is 1. The molecule has 9 heteroatoms. The average Bonchev–Trinajstić information content (AvgIpc) is 3.40. The Kier molecular flexibility index (Phi) is 7.59. The monoisotopic (exact) mass is 559 g/mol. The molecule has 5 rings (SSSR count). The fraction of sp³-hybridized carbons (Fsp3) is 0.233. The summed E-state index contributed by atoms with van der Waals surface area (Å²) in [7, 11) is 0. The van der Waals surface area contributed by atoms with Gasteiger partial charge in [0, 0.05) is 41.3 Å². The van der Waals surface area contributed by atoms with Gasteiger partial charge < -0.3 is 25.2 Å². The molecule has 0 radical (unpaired) electrons. The van der Waals surface area contributed by atoms with E-state index in [4.69, 9.17) is 23.8 Å². The summed E-state index contributed by atoms with van der Waals surface area (Å²) in [4.78, 5) is 19.6. The number of nitrogens with zero attached hydrogens (tertiary/aromatic N) is 3. The van der Waals surface area contributed by atoms with Crippen LogP contribution in [0.25, 0.3) is 5.69 Å². The number of aromatic nitrogens is 2. The number of thiocarbonyl (C=S) groups is 1. The second-order valence-corrected chi connectivity index (χ2v) is 10.6. The maximum atomic E-state index is 12.9. The van der Waals surface area contributed by atoms with Gasteiger partial charge in [-0.05, 0) is 87.1 Å². The van der Waals surface area contributed by atoms with Crippen LogP contribution in [0.3, 0.4) is 0 Å². The van der Waals surface area contributed by atoms with Crippen molar-refractivity contribution in [3.8, 4) is 11.4 Å². The van der Waals surface area contributed by atoms with Crippen LogP contribution in [0, 0.1) is 20.8 Å². The predicted octanol–water partition coefficient (Wildman–Crippen LogP) is 6.16. The van der Waals surface area contributed by atoms with Crippen molar-refractivity contribution in [2.24, 2.45) is 0 Å². The third kappa shape index (κ3) is 5.48. The molecule has 1 fully saturated rings. The average molecular weight is 560 g/mol. The minimum Gasteiger partial charge on any atom is -0.506 e. The van der Waals surface area contributed by atoms with Gasteiger partial charge in [-0.3, -0.25) is 9.78 Å². The summed E-state index contributed by atoms with van der Waals surface area (Å²) >= 11 is 12.1. The molecule has 1 aliphatic heterocycles. The molecule has 200 valence electrons. The highest BCUT2D eigenvalue weighted by Crippen LogP contribution is 2.42. The van der Waals surface area contributed by atoms with Crippen LogP contribution in [0.1, 0.15) is 46.7 Å². The molecule has 39 heavy (non-hydrogen) atoms. The molecule has 0 aliphatic carbocycles. The Bertz CT molecular complexity index is 1520. The van der Waals surface area contributed by atoms with Crippen LogP contribution in [0.15, 0.2) is 72.9 Å². The molecule has 1 aliphatic rings. The minimum atomic E-state index is -0.222. The molecule has 0 unspecified atom stereocenters. The Balaban J connectivity index is 1.48. The van der Waals surface area contributed by atoms with Crippen molar-refractivity contribution < 1.29 is 9.90 Å². The molecule has 1 saturated heterocycles. The number of anilines is 1. The van der Waals surface area contributed by atoms with Crippen molar-refractivity contribution in [3.05, 3.63) is 106 Å². The van der Waals surface area contributed by atoms with E-state index < -0.39 is 0 Å². The predicted molar refractivity (Wildman–Crippen MR) is 159 cm³/mol. The van der Waals surface area contributed by atoms with Crippen molar-refractivity contribution in [1.82, 2.24) is 19.8 Å². The first-order valence-electron chi connectivity index (χ1n) is 12.7. The highest BCUT2D eigenvalue weighted by molar-refractivity contribution is 7.80. The van der Waals surface area contributed by atoms with Gasteiger partial charge in [-0.15, -0.1) is 0 Å². The number of nitrogens with one attached hydrogen (secondary N) is 2. The first-order chi connectivity index (χ1) is 18.7. The van der Waals surface area contributed by atoms with Crippen molar-refractivity contribution in [2.45, 2.75) is 39.3 Å². The first kappa shape index (κ1) is 26.7. The SMILES string of the molecule is Cc1ccc(NC(=O)CCN2C(=S)N[C@H](c3ccccn3)[C@H]2c2cc(C)n(-c3cc(Cl)ccc3O)c2C)cc1. The lowest BCUT2D eigenvalue weighted by molar-refractivity contribution is -0.116. The molecule has 4 aromatic rings. The van der Waals surface area contributed by atoms with Gasteiger partial charge in [0.2, 0.25) is 5.91 Å². The number of carbonyl (C=O) groups is 1. The first-order valence-corrected chi connectivity index (χ1v) is 13.5. The number of pyridine rings is 1. The molecule has 0 saturated carbocycles. The lowest BCUT2D eigenvalue weighted by Crippen LogP contribution is -2.32. The smallest absolute Gasteiger partial charge is 0.226 e. The maximum Gasteiger partial charge on any atom is 0.226 e. The summed E-state index contributed by atoms with van der Waals surface area (Å²) in [6.45, 7) is 6.44. The van der Waals surface area contributed by atoms with E-state index in [0.717, 1.165) is 33.9 Å². The van der Waals surface area contributed by atoms with Crippen molar-refractivity contribution in [2.75, 3.05) is 11.9 Å². The Morgan fingerprint density at radius 3 is 2.59 bits per heavy atom. The molecule has 2 aromatic carbocycles. The number of aromatic hydroxyl groups is 1. The number of halogens is 1. The molecular formula is C30H30ClN5O2S. The molecular weight excluding hydrogens is 530 g/mol. The summed E-state index contributed by atoms with van der Waals surface area (Å²) < 4.78 is 2.00. The zero-order valence-electron chi connectivity index (χ0n) is 22.0. The van der Waals surface area contributed by atoms with E-state index in [1.807, 2.05) is 67.8 Å². The second-order valence-electron chi connectivity index (χ2n) is 9.78. The number of aryl methyl sites for hydroxylation is 2. The number of rotatable bonds is 7. The van der Waals surface area contributed by atoms with Gasteiger partial charge in [-0.1, -0.05) is 35.4 Å². The molecule has 1 amide bonds. The van der Waals surface area contributed by atoms with E-state index >= 15 is 0 Å². The Labute approximate surface area is 238 Å². The van der Waals surface area contributed by atoms with Crippen LogP contribution < -0.4 is 10.6 Å². The molecule has 0 spiro atoms. The molecule has 2 aromatic heterocycles. The third-order valence-corrected chi connectivity index (χ3v) is 7.67. The van der Waals surface area contributed by atoms with E-state index in [2.05, 4.69) is 26.6 Å². The van der Waals surface area contributed by atoms with E-state index in [1.165, 1.54) is 0 Å². The summed E-state index contributed by atoms with van der Waals surface area (Å²) in [6, 6.07) is 20.2. The lowest BCUT2D eigenvalue weighted by atomic mass is 9.96. The molecule has 7 nitrogen and oxygen atoms in total. The number of hydrogen-bond acceptors (Lipinski definition) is 4. The minimum absolute atomic E-state index is 0.0870. The van der Waals surface area contributed by atoms with E-state index in [1.54, 1.807) is 24.4 Å². The van der Waals surface area contributed by atoms with Crippen molar-refractivity contribution in [1.29, 1.82) is 0 Å². The van der Waals surface area contributed by atoms with Gasteiger partial charge in [0.15, 0.2) is 5.11 Å². The Morgan fingerprint density at radius 2 is 1.87 bits per heavy atom. The Morgan fingerprint density at radius 1 is 1.10 bits per heavy atom. The third-order valence-electron chi connectivity index (χ3n) is 7.08. The number of hydrogen-bond donors (Lipinski definition) is 3. The zero-order chi connectivity index (χ0) is 27.7. The summed E-state index contributed by atoms with van der Waals surface area (Å²) in [5.41, 5.74) is 6.26. The van der Waals surface area contributed by atoms with Gasteiger partial charge in [0.05, 0.1) is 23.5 Å². The highest BCUT2D eigenvalue weighted by atomic mass is 35.5. The maximum absolute atomic E-state index is 12.9. The lowest BCUT2D eigenvalue weighted by Gasteiger charge is -2.28. The van der Waals surface area contributed by atoms with E-state index in [0.29, 0.717) is 22.4 Å². The van der Waals surface area contributed by atoms with Gasteiger partial charge >= 0.3 is 0 Å². The second kappa shape index (κ2) is 11.1. The molecule has 3 heterocycles. The van der Waals surface area contributed by atoms with Crippen LogP contribution in [-0.2, 0) is 4.79 Å². The highest BCUT2D eigenvalue weighted by Gasteiger charge is 2.41. The topological polar surface area (TPSA) is 82.4 Å².